The molecule has 0 amide bonds. The van der Waals surface area contributed by atoms with Gasteiger partial charge in [-0.1, -0.05) is 146 Å². The number of fused-ring (bicyclic) bond motifs is 5. The van der Waals surface area contributed by atoms with Crippen molar-refractivity contribution in [3.8, 4) is 45.3 Å². The monoisotopic (exact) mass is 708 g/mol. The van der Waals surface area contributed by atoms with E-state index in [1.165, 1.54) is 36.7 Å². The summed E-state index contributed by atoms with van der Waals surface area (Å²) in [6.45, 7) is 0. The molecule has 2 heterocycles. The van der Waals surface area contributed by atoms with Gasteiger partial charge in [0, 0.05) is 53.9 Å². The Hall–Kier alpha value is -6.95. The van der Waals surface area contributed by atoms with Crippen molar-refractivity contribution >= 4 is 59.3 Å². The van der Waals surface area contributed by atoms with Gasteiger partial charge in [0.05, 0.1) is 0 Å². The van der Waals surface area contributed by atoms with Gasteiger partial charge in [-0.25, -0.2) is 15.0 Å². The maximum Gasteiger partial charge on any atom is 0.165 e. The largest absolute Gasteiger partial charge is 0.311 e. The smallest absolute Gasteiger partial charge is 0.165 e. The summed E-state index contributed by atoms with van der Waals surface area (Å²) in [5.74, 6) is 1.98. The van der Waals surface area contributed by atoms with Crippen LogP contribution in [0.25, 0.3) is 76.2 Å². The van der Waals surface area contributed by atoms with Crippen LogP contribution in [0.2, 0.25) is 0 Å². The zero-order valence-electron chi connectivity index (χ0n) is 29.2. The van der Waals surface area contributed by atoms with E-state index in [1.54, 1.807) is 11.3 Å². The molecular formula is C49H32N4S. The van der Waals surface area contributed by atoms with Crippen LogP contribution in [0.4, 0.5) is 17.1 Å². The van der Waals surface area contributed by atoms with Crippen molar-refractivity contribution in [3.05, 3.63) is 194 Å². The highest BCUT2D eigenvalue weighted by Gasteiger charge is 2.20. The van der Waals surface area contributed by atoms with Crippen molar-refractivity contribution < 1.29 is 0 Å². The molecule has 2 aromatic heterocycles. The fourth-order valence-corrected chi connectivity index (χ4v) is 8.57. The predicted octanol–water partition coefficient (Wildman–Crippen LogP) is 13.5. The maximum atomic E-state index is 5.14. The van der Waals surface area contributed by atoms with Crippen LogP contribution in [0.3, 0.4) is 0 Å². The molecule has 0 aliphatic rings. The Labute approximate surface area is 317 Å². The molecule has 10 rings (SSSR count). The third-order valence-corrected chi connectivity index (χ3v) is 11.1. The molecule has 0 radical (unpaired) electrons. The third kappa shape index (κ3) is 5.77. The second kappa shape index (κ2) is 13.6. The van der Waals surface area contributed by atoms with E-state index < -0.39 is 0 Å². The Bertz CT molecular complexity index is 2810. The summed E-state index contributed by atoms with van der Waals surface area (Å²) < 4.78 is 2.39. The van der Waals surface area contributed by atoms with Crippen molar-refractivity contribution in [3.63, 3.8) is 0 Å². The molecule has 0 unspecified atom stereocenters. The average molecular weight is 709 g/mol. The van der Waals surface area contributed by atoms with Crippen molar-refractivity contribution in [2.24, 2.45) is 0 Å². The van der Waals surface area contributed by atoms with Crippen LogP contribution in [-0.2, 0) is 0 Å². The van der Waals surface area contributed by atoms with Gasteiger partial charge in [0.25, 0.3) is 0 Å². The SMILES string of the molecule is c1ccc(-c2nc(-c3ccccc3)nc(-c3cc4ccccc4c4c3sc3cc(-c5ccc(N(c6ccccc6)c6ccccc6)cc5)ccc34)n2)cc1. The molecule has 0 N–H and O–H groups in total. The van der Waals surface area contributed by atoms with Crippen molar-refractivity contribution in [2.75, 3.05) is 4.90 Å². The third-order valence-electron chi connectivity index (χ3n) is 9.89. The van der Waals surface area contributed by atoms with E-state index in [1.807, 2.05) is 36.4 Å². The number of aromatic nitrogens is 3. The Morgan fingerprint density at radius 1 is 0.370 bits per heavy atom. The molecular weight excluding hydrogens is 677 g/mol. The van der Waals surface area contributed by atoms with Gasteiger partial charge in [-0.15, -0.1) is 11.3 Å². The summed E-state index contributed by atoms with van der Waals surface area (Å²) in [6.07, 6.45) is 0. The number of nitrogens with zero attached hydrogens (tertiary/aromatic N) is 4. The normalized spacial score (nSPS) is 11.3. The van der Waals surface area contributed by atoms with Gasteiger partial charge in [-0.2, -0.15) is 0 Å². The number of anilines is 3. The number of benzene rings is 8. The summed E-state index contributed by atoms with van der Waals surface area (Å²) in [6, 6.07) is 68.0. The lowest BCUT2D eigenvalue weighted by Crippen LogP contribution is -2.09. The minimum absolute atomic E-state index is 0.658. The molecule has 5 heteroatoms. The van der Waals surface area contributed by atoms with Crippen LogP contribution in [0.15, 0.2) is 194 Å². The van der Waals surface area contributed by atoms with Crippen LogP contribution in [0.5, 0.6) is 0 Å². The van der Waals surface area contributed by atoms with Crippen LogP contribution in [0, 0.1) is 0 Å². The molecule has 0 aliphatic heterocycles. The molecule has 4 nitrogen and oxygen atoms in total. The Balaban J connectivity index is 1.11. The van der Waals surface area contributed by atoms with Crippen molar-refractivity contribution in [1.29, 1.82) is 0 Å². The van der Waals surface area contributed by atoms with Crippen LogP contribution < -0.4 is 4.90 Å². The van der Waals surface area contributed by atoms with Crippen LogP contribution in [0.1, 0.15) is 0 Å². The van der Waals surface area contributed by atoms with E-state index >= 15 is 0 Å². The van der Waals surface area contributed by atoms with Gasteiger partial charge in [0.15, 0.2) is 17.5 Å². The summed E-state index contributed by atoms with van der Waals surface area (Å²) in [5, 5.41) is 4.84. The minimum atomic E-state index is 0.658. The fraction of sp³-hybridized carbons (Fsp3) is 0. The van der Waals surface area contributed by atoms with Gasteiger partial charge in [-0.3, -0.25) is 0 Å². The molecule has 8 aromatic carbocycles. The average Bonchev–Trinajstić information content (AvgIpc) is 3.64. The first-order valence-electron chi connectivity index (χ1n) is 18.0. The van der Waals surface area contributed by atoms with Crippen molar-refractivity contribution in [1.82, 2.24) is 15.0 Å². The first-order chi connectivity index (χ1) is 26.8. The molecule has 10 aromatic rings. The van der Waals surface area contributed by atoms with E-state index in [9.17, 15) is 0 Å². The molecule has 0 bridgehead atoms. The molecule has 0 spiro atoms. The second-order valence-corrected chi connectivity index (χ2v) is 14.3. The summed E-state index contributed by atoms with van der Waals surface area (Å²) in [5.41, 5.74) is 8.62. The topological polar surface area (TPSA) is 41.9 Å². The van der Waals surface area contributed by atoms with E-state index in [2.05, 4.69) is 163 Å². The molecule has 0 fully saturated rings. The lowest BCUT2D eigenvalue weighted by molar-refractivity contribution is 1.08. The number of thiophene rings is 1. The number of hydrogen-bond donors (Lipinski definition) is 0. The first kappa shape index (κ1) is 31.8. The van der Waals surface area contributed by atoms with Gasteiger partial charge in [-0.05, 0) is 70.4 Å². The Morgan fingerprint density at radius 3 is 1.48 bits per heavy atom. The molecule has 54 heavy (non-hydrogen) atoms. The van der Waals surface area contributed by atoms with E-state index in [0.717, 1.165) is 39.1 Å². The van der Waals surface area contributed by atoms with Crippen molar-refractivity contribution in [2.45, 2.75) is 0 Å². The quantitative estimate of drug-likeness (QED) is 0.165. The predicted molar refractivity (Wildman–Crippen MR) is 227 cm³/mol. The highest BCUT2D eigenvalue weighted by molar-refractivity contribution is 7.26. The number of para-hydroxylation sites is 2. The number of rotatable bonds is 7. The first-order valence-corrected chi connectivity index (χ1v) is 18.8. The standard InChI is InChI=1S/C49H32N4S/c1-5-15-34(16-6-1)47-50-48(35-17-7-2-8-18-35)52-49(51-47)43-31-37-19-13-14-24-41(37)45-42-30-27-36(32-44(42)54-46(43)45)33-25-28-40(29-26-33)53(38-20-9-3-10-21-38)39-22-11-4-12-23-39/h1-32H. The molecule has 0 saturated heterocycles. The summed E-state index contributed by atoms with van der Waals surface area (Å²) in [7, 11) is 0. The number of hydrogen-bond acceptors (Lipinski definition) is 5. The van der Waals surface area contributed by atoms with Gasteiger partial charge < -0.3 is 4.90 Å². The van der Waals surface area contributed by atoms with E-state index in [-0.39, 0.29) is 0 Å². The van der Waals surface area contributed by atoms with E-state index in [0.29, 0.717) is 17.5 Å². The molecule has 254 valence electrons. The zero-order chi connectivity index (χ0) is 35.8. The van der Waals surface area contributed by atoms with Crippen LogP contribution >= 0.6 is 11.3 Å². The Kier molecular flexibility index (Phi) is 7.97. The van der Waals surface area contributed by atoms with Gasteiger partial charge in [0.1, 0.15) is 0 Å². The highest BCUT2D eigenvalue weighted by atomic mass is 32.1. The lowest BCUT2D eigenvalue weighted by atomic mass is 9.98. The second-order valence-electron chi connectivity index (χ2n) is 13.3. The van der Waals surface area contributed by atoms with E-state index in [4.69, 9.17) is 15.0 Å². The van der Waals surface area contributed by atoms with Gasteiger partial charge >= 0.3 is 0 Å². The van der Waals surface area contributed by atoms with Gasteiger partial charge in [0.2, 0.25) is 0 Å². The van der Waals surface area contributed by atoms with Crippen LogP contribution in [-0.4, -0.2) is 15.0 Å². The summed E-state index contributed by atoms with van der Waals surface area (Å²) >= 11 is 1.80. The zero-order valence-corrected chi connectivity index (χ0v) is 30.0. The lowest BCUT2D eigenvalue weighted by Gasteiger charge is -2.25. The molecule has 0 saturated carbocycles. The minimum Gasteiger partial charge on any atom is -0.311 e. The Morgan fingerprint density at radius 2 is 0.870 bits per heavy atom. The molecule has 0 aliphatic carbocycles. The maximum absolute atomic E-state index is 5.14. The highest BCUT2D eigenvalue weighted by Crippen LogP contribution is 2.45. The fourth-order valence-electron chi connectivity index (χ4n) is 7.30. The molecule has 0 atom stereocenters. The summed E-state index contributed by atoms with van der Waals surface area (Å²) in [4.78, 5) is 17.5.